The number of hydrogen-bond donors (Lipinski definition) is 0. The van der Waals surface area contributed by atoms with Crippen LogP contribution in [0.5, 0.6) is 0 Å². The number of hydrogen-bond acceptors (Lipinski definition) is 5. The molecule has 0 amide bonds. The Morgan fingerprint density at radius 1 is 1.25 bits per heavy atom. The van der Waals surface area contributed by atoms with E-state index in [1.165, 1.54) is 6.07 Å². The van der Waals surface area contributed by atoms with Crippen molar-refractivity contribution in [3.05, 3.63) is 53.1 Å². The first-order chi connectivity index (χ1) is 13.6. The summed E-state index contributed by atoms with van der Waals surface area (Å²) in [5.74, 6) is 0.596. The average Bonchev–Trinajstić information content (AvgIpc) is 3.30. The zero-order valence-corrected chi connectivity index (χ0v) is 16.3. The molecule has 146 valence electrons. The van der Waals surface area contributed by atoms with Gasteiger partial charge in [-0.25, -0.2) is 13.9 Å². The summed E-state index contributed by atoms with van der Waals surface area (Å²) in [7, 11) is 1.74. The van der Waals surface area contributed by atoms with Gasteiger partial charge in [0, 0.05) is 38.0 Å². The summed E-state index contributed by atoms with van der Waals surface area (Å²) in [6, 6.07) is 6.55. The van der Waals surface area contributed by atoms with E-state index in [2.05, 4.69) is 14.9 Å². The standard InChI is InChI=1S/C20H21ClFN5O/c1-28-14-11-25(12-14)18-10-23-27-8-6-19(24-20(18)27)26-7-2-3-17(26)15-9-13(22)4-5-16(15)21/h4-6,8-10,14,17H,2-3,7,11-12H2,1H3/t17-/m1/s1. The molecule has 2 aliphatic heterocycles. The van der Waals surface area contributed by atoms with Crippen LogP contribution in [0.4, 0.5) is 15.9 Å². The molecule has 0 spiro atoms. The molecule has 28 heavy (non-hydrogen) atoms. The normalized spacial score (nSPS) is 20.2. The minimum Gasteiger partial charge on any atom is -0.378 e. The third-order valence-corrected chi connectivity index (χ3v) is 6.07. The molecule has 4 heterocycles. The van der Waals surface area contributed by atoms with Crippen LogP contribution in [0.3, 0.4) is 0 Å². The SMILES string of the molecule is COC1CN(c2cnn3ccc(N4CCC[C@@H]4c4cc(F)ccc4Cl)nc23)C1. The van der Waals surface area contributed by atoms with Crippen LogP contribution in [0.15, 0.2) is 36.7 Å². The monoisotopic (exact) mass is 401 g/mol. The highest BCUT2D eigenvalue weighted by Gasteiger charge is 2.31. The number of nitrogens with zero attached hydrogens (tertiary/aromatic N) is 5. The van der Waals surface area contributed by atoms with E-state index in [4.69, 9.17) is 21.3 Å². The molecule has 0 radical (unpaired) electrons. The van der Waals surface area contributed by atoms with Crippen molar-refractivity contribution < 1.29 is 9.13 Å². The van der Waals surface area contributed by atoms with Crippen LogP contribution in [0, 0.1) is 5.82 Å². The Kier molecular flexibility index (Phi) is 4.36. The molecule has 6 nitrogen and oxygen atoms in total. The van der Waals surface area contributed by atoms with E-state index in [1.54, 1.807) is 23.8 Å². The van der Waals surface area contributed by atoms with Crippen LogP contribution in [-0.2, 0) is 4.74 Å². The fourth-order valence-electron chi connectivity index (χ4n) is 4.15. The van der Waals surface area contributed by atoms with Gasteiger partial charge in [0.2, 0.25) is 0 Å². The summed E-state index contributed by atoms with van der Waals surface area (Å²) >= 11 is 6.38. The molecule has 2 saturated heterocycles. The molecule has 0 bridgehead atoms. The number of fused-ring (bicyclic) bond motifs is 1. The molecular formula is C20H21ClFN5O. The lowest BCUT2D eigenvalue weighted by molar-refractivity contribution is 0.0789. The van der Waals surface area contributed by atoms with Crippen molar-refractivity contribution in [1.82, 2.24) is 14.6 Å². The maximum atomic E-state index is 13.8. The second kappa shape index (κ2) is 6.90. The Bertz CT molecular complexity index is 1020. The van der Waals surface area contributed by atoms with Crippen molar-refractivity contribution in [2.45, 2.75) is 25.0 Å². The van der Waals surface area contributed by atoms with Gasteiger partial charge in [0.15, 0.2) is 5.65 Å². The zero-order valence-electron chi connectivity index (χ0n) is 15.6. The van der Waals surface area contributed by atoms with Crippen molar-refractivity contribution >= 4 is 28.8 Å². The van der Waals surface area contributed by atoms with Gasteiger partial charge in [0.05, 0.1) is 18.3 Å². The second-order valence-electron chi connectivity index (χ2n) is 7.36. The fraction of sp³-hybridized carbons (Fsp3) is 0.400. The highest BCUT2D eigenvalue weighted by Crippen LogP contribution is 2.39. The van der Waals surface area contributed by atoms with Gasteiger partial charge in [-0.05, 0) is 42.7 Å². The average molecular weight is 402 g/mol. The molecule has 2 aromatic heterocycles. The summed E-state index contributed by atoms with van der Waals surface area (Å²) in [6.07, 6.45) is 5.97. The van der Waals surface area contributed by atoms with E-state index < -0.39 is 0 Å². The van der Waals surface area contributed by atoms with Gasteiger partial charge in [-0.1, -0.05) is 11.6 Å². The number of methoxy groups -OCH3 is 1. The molecule has 0 saturated carbocycles. The largest absolute Gasteiger partial charge is 0.378 e. The lowest BCUT2D eigenvalue weighted by atomic mass is 10.0. The molecule has 5 rings (SSSR count). The molecule has 2 fully saturated rings. The number of anilines is 2. The van der Waals surface area contributed by atoms with Crippen LogP contribution in [0.25, 0.3) is 5.65 Å². The Hall–Kier alpha value is -2.38. The van der Waals surface area contributed by atoms with Gasteiger partial charge in [-0.3, -0.25) is 0 Å². The zero-order chi connectivity index (χ0) is 19.3. The Balaban J connectivity index is 1.49. The summed E-state index contributed by atoms with van der Waals surface area (Å²) in [4.78, 5) is 9.34. The molecule has 3 aromatic rings. The summed E-state index contributed by atoms with van der Waals surface area (Å²) in [5.41, 5.74) is 2.65. The summed E-state index contributed by atoms with van der Waals surface area (Å²) in [5, 5.41) is 5.02. The van der Waals surface area contributed by atoms with Crippen LogP contribution in [0.2, 0.25) is 5.02 Å². The third kappa shape index (κ3) is 2.89. The number of rotatable bonds is 4. The van der Waals surface area contributed by atoms with Gasteiger partial charge in [0.1, 0.15) is 17.3 Å². The first-order valence-electron chi connectivity index (χ1n) is 9.48. The van der Waals surface area contributed by atoms with Crippen LogP contribution in [-0.4, -0.2) is 47.4 Å². The Morgan fingerprint density at radius 2 is 2.11 bits per heavy atom. The van der Waals surface area contributed by atoms with Gasteiger partial charge in [0.25, 0.3) is 0 Å². The van der Waals surface area contributed by atoms with E-state index in [0.717, 1.165) is 55.2 Å². The van der Waals surface area contributed by atoms with Gasteiger partial charge in [-0.15, -0.1) is 0 Å². The number of benzene rings is 1. The first-order valence-corrected chi connectivity index (χ1v) is 9.85. The highest BCUT2D eigenvalue weighted by molar-refractivity contribution is 6.31. The predicted octanol–water partition coefficient (Wildman–Crippen LogP) is 3.70. The predicted molar refractivity (Wildman–Crippen MR) is 107 cm³/mol. The van der Waals surface area contributed by atoms with Gasteiger partial charge >= 0.3 is 0 Å². The molecule has 1 atom stereocenters. The van der Waals surface area contributed by atoms with Crippen LogP contribution < -0.4 is 9.80 Å². The summed E-state index contributed by atoms with van der Waals surface area (Å²) in [6.45, 7) is 2.55. The topological polar surface area (TPSA) is 45.9 Å². The smallest absolute Gasteiger partial charge is 0.180 e. The van der Waals surface area contributed by atoms with E-state index >= 15 is 0 Å². The molecule has 8 heteroatoms. The molecular weight excluding hydrogens is 381 g/mol. The molecule has 0 unspecified atom stereocenters. The highest BCUT2D eigenvalue weighted by atomic mass is 35.5. The first kappa shape index (κ1) is 17.7. The van der Waals surface area contributed by atoms with E-state index in [9.17, 15) is 4.39 Å². The summed E-state index contributed by atoms with van der Waals surface area (Å²) < 4.78 is 21.0. The van der Waals surface area contributed by atoms with E-state index in [-0.39, 0.29) is 18.0 Å². The minimum absolute atomic E-state index is 0.0198. The lowest BCUT2D eigenvalue weighted by Crippen LogP contribution is -2.51. The number of ether oxygens (including phenoxy) is 1. The Morgan fingerprint density at radius 3 is 2.93 bits per heavy atom. The quantitative estimate of drug-likeness (QED) is 0.667. The minimum atomic E-state index is -0.266. The lowest BCUT2D eigenvalue weighted by Gasteiger charge is -2.39. The van der Waals surface area contributed by atoms with E-state index in [0.29, 0.717) is 5.02 Å². The van der Waals surface area contributed by atoms with Gasteiger partial charge < -0.3 is 14.5 Å². The van der Waals surface area contributed by atoms with Crippen LogP contribution >= 0.6 is 11.6 Å². The van der Waals surface area contributed by atoms with Gasteiger partial charge in [-0.2, -0.15) is 5.10 Å². The maximum absolute atomic E-state index is 13.8. The second-order valence-corrected chi connectivity index (χ2v) is 7.77. The number of aromatic nitrogens is 3. The molecule has 2 aliphatic rings. The van der Waals surface area contributed by atoms with Crippen molar-refractivity contribution in [3.63, 3.8) is 0 Å². The third-order valence-electron chi connectivity index (χ3n) is 5.72. The van der Waals surface area contributed by atoms with Crippen molar-refractivity contribution in [1.29, 1.82) is 0 Å². The molecule has 1 aromatic carbocycles. The van der Waals surface area contributed by atoms with E-state index in [1.807, 2.05) is 18.5 Å². The fourth-order valence-corrected chi connectivity index (χ4v) is 4.39. The van der Waals surface area contributed by atoms with Crippen molar-refractivity contribution in [2.75, 3.05) is 36.5 Å². The van der Waals surface area contributed by atoms with Crippen molar-refractivity contribution in [2.24, 2.45) is 0 Å². The molecule has 0 aliphatic carbocycles. The van der Waals surface area contributed by atoms with Crippen molar-refractivity contribution in [3.8, 4) is 0 Å². The maximum Gasteiger partial charge on any atom is 0.180 e. The number of halogens is 2. The molecule has 0 N–H and O–H groups in total. The Labute approximate surface area is 167 Å². The van der Waals surface area contributed by atoms with Crippen LogP contribution in [0.1, 0.15) is 24.4 Å².